The molecule has 0 amide bonds. The summed E-state index contributed by atoms with van der Waals surface area (Å²) in [7, 11) is 5.22. The first kappa shape index (κ1) is 13.3. The van der Waals surface area contributed by atoms with E-state index in [0.29, 0.717) is 0 Å². The lowest BCUT2D eigenvalue weighted by atomic mass is 10.1. The first-order valence-electron chi connectivity index (χ1n) is 6.15. The van der Waals surface area contributed by atoms with Crippen LogP contribution in [0.15, 0.2) is 54.7 Å². The van der Waals surface area contributed by atoms with Gasteiger partial charge in [-0.3, -0.25) is 4.98 Å². The lowest BCUT2D eigenvalue weighted by Gasteiger charge is -2.08. The number of aromatic nitrogens is 3. The van der Waals surface area contributed by atoms with E-state index in [0.717, 1.165) is 33.5 Å². The van der Waals surface area contributed by atoms with Crippen molar-refractivity contribution in [1.29, 1.82) is 0 Å². The highest BCUT2D eigenvalue weighted by Crippen LogP contribution is 2.26. The zero-order valence-corrected chi connectivity index (χ0v) is 13.0. The van der Waals surface area contributed by atoms with Gasteiger partial charge in [-0.25, -0.2) is 9.97 Å². The molecule has 0 fully saturated rings. The number of hydrogen-bond donors (Lipinski definition) is 0. The van der Waals surface area contributed by atoms with Crippen LogP contribution in [-0.4, -0.2) is 15.0 Å². The fourth-order valence-electron chi connectivity index (χ4n) is 2.00. The molecular formula is C15H13N3P2. The minimum atomic E-state index is 0.847. The minimum absolute atomic E-state index is 0.847. The van der Waals surface area contributed by atoms with Crippen LogP contribution in [-0.2, 0) is 0 Å². The molecule has 0 aliphatic rings. The molecule has 0 aromatic carbocycles. The smallest absolute Gasteiger partial charge is 0.0980 e. The molecule has 3 rings (SSSR count). The van der Waals surface area contributed by atoms with Gasteiger partial charge in [0.2, 0.25) is 0 Å². The second-order valence-electron chi connectivity index (χ2n) is 4.29. The molecule has 98 valence electrons. The van der Waals surface area contributed by atoms with Crippen molar-refractivity contribution in [2.24, 2.45) is 0 Å². The van der Waals surface area contributed by atoms with Crippen molar-refractivity contribution >= 4 is 29.3 Å². The van der Waals surface area contributed by atoms with Crippen molar-refractivity contribution in [2.45, 2.75) is 0 Å². The predicted molar refractivity (Wildman–Crippen MR) is 89.4 cm³/mol. The minimum Gasteiger partial charge on any atom is -0.254 e. The number of rotatable bonds is 2. The van der Waals surface area contributed by atoms with E-state index in [4.69, 9.17) is 0 Å². The Morgan fingerprint density at radius 1 is 0.700 bits per heavy atom. The summed E-state index contributed by atoms with van der Waals surface area (Å²) in [5.74, 6) is 0. The number of nitrogens with zero attached hydrogens (tertiary/aromatic N) is 3. The Hall–Kier alpha value is -1.69. The van der Waals surface area contributed by atoms with Crippen LogP contribution in [0.25, 0.3) is 22.6 Å². The van der Waals surface area contributed by atoms with E-state index in [1.165, 1.54) is 0 Å². The van der Waals surface area contributed by atoms with Crippen molar-refractivity contribution in [2.75, 3.05) is 0 Å². The molecule has 0 saturated heterocycles. The third-order valence-corrected chi connectivity index (χ3v) is 3.51. The topological polar surface area (TPSA) is 38.7 Å². The zero-order valence-electron chi connectivity index (χ0n) is 10.7. The van der Waals surface area contributed by atoms with Crippen LogP contribution in [0.4, 0.5) is 0 Å². The summed E-state index contributed by atoms with van der Waals surface area (Å²) in [6.45, 7) is 0. The van der Waals surface area contributed by atoms with E-state index in [9.17, 15) is 0 Å². The highest BCUT2D eigenvalue weighted by Gasteiger charge is 2.10. The van der Waals surface area contributed by atoms with Crippen molar-refractivity contribution in [3.8, 4) is 22.6 Å². The van der Waals surface area contributed by atoms with Crippen molar-refractivity contribution in [1.82, 2.24) is 15.0 Å². The Morgan fingerprint density at radius 2 is 1.35 bits per heavy atom. The third-order valence-electron chi connectivity index (χ3n) is 2.87. The van der Waals surface area contributed by atoms with Crippen LogP contribution in [0.5, 0.6) is 0 Å². The van der Waals surface area contributed by atoms with Gasteiger partial charge in [-0.05, 0) is 36.4 Å². The summed E-state index contributed by atoms with van der Waals surface area (Å²) < 4.78 is 0. The molecule has 2 atom stereocenters. The van der Waals surface area contributed by atoms with Crippen molar-refractivity contribution in [3.63, 3.8) is 0 Å². The zero-order chi connectivity index (χ0) is 13.9. The molecule has 0 aliphatic heterocycles. The maximum atomic E-state index is 4.54. The maximum absolute atomic E-state index is 4.54. The molecule has 0 N–H and O–H groups in total. The maximum Gasteiger partial charge on any atom is 0.0980 e. The molecule has 0 bridgehead atoms. The predicted octanol–water partition coefficient (Wildman–Crippen LogP) is 2.21. The fourth-order valence-corrected chi connectivity index (χ4v) is 2.50. The molecule has 0 aliphatic carbocycles. The molecule has 0 radical (unpaired) electrons. The summed E-state index contributed by atoms with van der Waals surface area (Å²) in [6, 6.07) is 15.7. The van der Waals surface area contributed by atoms with Gasteiger partial charge in [0.25, 0.3) is 0 Å². The molecule has 3 nitrogen and oxygen atoms in total. The van der Waals surface area contributed by atoms with Gasteiger partial charge >= 0.3 is 0 Å². The largest absolute Gasteiger partial charge is 0.254 e. The monoisotopic (exact) mass is 297 g/mol. The van der Waals surface area contributed by atoms with Gasteiger partial charge in [0.15, 0.2) is 0 Å². The van der Waals surface area contributed by atoms with Gasteiger partial charge in [0.05, 0.1) is 28.0 Å². The lowest BCUT2D eigenvalue weighted by Crippen LogP contribution is -2.02. The van der Waals surface area contributed by atoms with Crippen molar-refractivity contribution in [3.05, 3.63) is 54.7 Å². The van der Waals surface area contributed by atoms with Crippen molar-refractivity contribution < 1.29 is 0 Å². The molecule has 3 aromatic rings. The summed E-state index contributed by atoms with van der Waals surface area (Å²) >= 11 is 0. The van der Waals surface area contributed by atoms with Crippen LogP contribution < -0.4 is 10.9 Å². The molecule has 3 heterocycles. The van der Waals surface area contributed by atoms with Crippen LogP contribution in [0, 0.1) is 0 Å². The van der Waals surface area contributed by atoms with E-state index in [-0.39, 0.29) is 0 Å². The lowest BCUT2D eigenvalue weighted by molar-refractivity contribution is 1.26. The molecular weight excluding hydrogens is 284 g/mol. The Morgan fingerprint density at radius 3 is 2.05 bits per heavy atom. The van der Waals surface area contributed by atoms with E-state index >= 15 is 0 Å². The Balaban J connectivity index is 2.18. The van der Waals surface area contributed by atoms with Crippen LogP contribution in [0.1, 0.15) is 0 Å². The van der Waals surface area contributed by atoms with Crippen LogP contribution in [0.3, 0.4) is 0 Å². The fraction of sp³-hybridized carbons (Fsp3) is 0. The molecule has 3 aromatic heterocycles. The number of pyridine rings is 3. The average molecular weight is 297 g/mol. The molecule has 0 saturated carbocycles. The third kappa shape index (κ3) is 2.75. The van der Waals surface area contributed by atoms with E-state index in [2.05, 4.69) is 33.4 Å². The van der Waals surface area contributed by atoms with E-state index < -0.39 is 0 Å². The van der Waals surface area contributed by atoms with Gasteiger partial charge in [0.1, 0.15) is 0 Å². The van der Waals surface area contributed by atoms with Gasteiger partial charge < -0.3 is 0 Å². The van der Waals surface area contributed by atoms with E-state index in [1.54, 1.807) is 6.20 Å². The summed E-state index contributed by atoms with van der Waals surface area (Å²) in [5, 5.41) is 0. The first-order chi connectivity index (χ1) is 9.74. The van der Waals surface area contributed by atoms with Gasteiger partial charge in [0, 0.05) is 11.8 Å². The van der Waals surface area contributed by atoms with Gasteiger partial charge in [-0.15, -0.1) is 0 Å². The highest BCUT2D eigenvalue weighted by atomic mass is 31.0. The second kappa shape index (κ2) is 5.75. The second-order valence-corrected chi connectivity index (χ2v) is 5.48. The average Bonchev–Trinajstić information content (AvgIpc) is 2.47. The standard InChI is InChI=1S/C15H13N3P2/c19-13-7-1-5-11(17-13)10-4-3-9-16-15(10)12-6-2-8-14(20)18-12/h1-9H,19-20H2. The SMILES string of the molecule is Pc1cccc(-c2cccnc2-c2cccc(P)n2)n1. The quantitative estimate of drug-likeness (QED) is 0.681. The Kier molecular flexibility index (Phi) is 3.82. The summed E-state index contributed by atoms with van der Waals surface area (Å²) in [4.78, 5) is 13.5. The van der Waals surface area contributed by atoms with Crippen LogP contribution in [0.2, 0.25) is 0 Å². The molecule has 20 heavy (non-hydrogen) atoms. The van der Waals surface area contributed by atoms with Crippen LogP contribution >= 0.6 is 18.5 Å². The van der Waals surface area contributed by atoms with Gasteiger partial charge in [-0.1, -0.05) is 30.6 Å². The summed E-state index contributed by atoms with van der Waals surface area (Å²) in [5.41, 5.74) is 5.39. The summed E-state index contributed by atoms with van der Waals surface area (Å²) in [6.07, 6.45) is 1.78. The molecule has 0 spiro atoms. The Labute approximate surface area is 122 Å². The Bertz CT molecular complexity index is 695. The normalized spacial score (nSPS) is 10.5. The van der Waals surface area contributed by atoms with E-state index in [1.807, 2.05) is 48.5 Å². The highest BCUT2D eigenvalue weighted by molar-refractivity contribution is 7.27. The van der Waals surface area contributed by atoms with Gasteiger partial charge in [-0.2, -0.15) is 0 Å². The molecule has 2 unspecified atom stereocenters. The molecule has 5 heteroatoms. The number of hydrogen-bond acceptors (Lipinski definition) is 3. The first-order valence-corrected chi connectivity index (χ1v) is 7.30.